The molecular weight excluding hydrogens is 462 g/mol. The highest BCUT2D eigenvalue weighted by Gasteiger charge is 2.29. The fourth-order valence-corrected chi connectivity index (χ4v) is 3.88. The van der Waals surface area contributed by atoms with Gasteiger partial charge in [0.1, 0.15) is 11.8 Å². The summed E-state index contributed by atoms with van der Waals surface area (Å²) >= 11 is 6.09. The predicted octanol–water partition coefficient (Wildman–Crippen LogP) is 5.16. The van der Waals surface area contributed by atoms with Crippen molar-refractivity contribution in [2.75, 3.05) is 6.61 Å². The maximum atomic E-state index is 13.5. The van der Waals surface area contributed by atoms with E-state index in [1.165, 1.54) is 6.21 Å². The molecule has 0 unspecified atom stereocenters. The number of hydrogen-bond donors (Lipinski definition) is 2. The highest BCUT2D eigenvalue weighted by Crippen LogP contribution is 2.25. The van der Waals surface area contributed by atoms with E-state index in [4.69, 9.17) is 16.3 Å². The first-order chi connectivity index (χ1) is 16.9. The molecule has 3 rings (SSSR count). The number of nitrogens with one attached hydrogen (secondary N) is 2. The zero-order valence-corrected chi connectivity index (χ0v) is 20.8. The zero-order chi connectivity index (χ0) is 25.2. The van der Waals surface area contributed by atoms with Gasteiger partial charge in [0.2, 0.25) is 5.91 Å². The van der Waals surface area contributed by atoms with Crippen LogP contribution in [0, 0.1) is 5.92 Å². The Morgan fingerprint density at radius 3 is 2.09 bits per heavy atom. The largest absolute Gasteiger partial charge is 0.493 e. The molecule has 2 N–H and O–H groups in total. The van der Waals surface area contributed by atoms with Crippen molar-refractivity contribution < 1.29 is 14.3 Å². The van der Waals surface area contributed by atoms with E-state index in [0.717, 1.165) is 11.1 Å². The Bertz CT molecular complexity index is 1110. The number of nitrogens with zero attached hydrogens (tertiary/aromatic N) is 1. The summed E-state index contributed by atoms with van der Waals surface area (Å²) < 4.78 is 5.58. The Balaban J connectivity index is 1.77. The zero-order valence-electron chi connectivity index (χ0n) is 20.1. The van der Waals surface area contributed by atoms with E-state index in [2.05, 4.69) is 15.8 Å². The van der Waals surface area contributed by atoms with Crippen LogP contribution in [-0.2, 0) is 9.59 Å². The van der Waals surface area contributed by atoms with Crippen molar-refractivity contribution in [3.8, 4) is 5.75 Å². The van der Waals surface area contributed by atoms with E-state index in [-0.39, 0.29) is 11.8 Å². The average molecular weight is 492 g/mol. The minimum absolute atomic E-state index is 0.161. The molecule has 3 aromatic rings. The van der Waals surface area contributed by atoms with Crippen LogP contribution in [0.2, 0.25) is 5.02 Å². The van der Waals surface area contributed by atoms with Crippen molar-refractivity contribution in [1.82, 2.24) is 10.7 Å². The lowest BCUT2D eigenvalue weighted by Gasteiger charge is -2.24. The molecule has 7 heteroatoms. The van der Waals surface area contributed by atoms with Crippen LogP contribution in [0.5, 0.6) is 5.75 Å². The van der Waals surface area contributed by atoms with Gasteiger partial charge < -0.3 is 10.1 Å². The molecular formula is C28H30ClN3O3. The molecule has 3 aromatic carbocycles. The van der Waals surface area contributed by atoms with Crippen LogP contribution in [-0.4, -0.2) is 30.7 Å². The quantitative estimate of drug-likeness (QED) is 0.303. The molecule has 0 aliphatic heterocycles. The van der Waals surface area contributed by atoms with Gasteiger partial charge in [-0.15, -0.1) is 0 Å². The molecule has 0 aliphatic rings. The number of hydrazone groups is 1. The monoisotopic (exact) mass is 491 g/mol. The number of amides is 2. The van der Waals surface area contributed by atoms with Crippen molar-refractivity contribution in [3.05, 3.63) is 101 Å². The van der Waals surface area contributed by atoms with E-state index in [1.807, 2.05) is 81.4 Å². The summed E-state index contributed by atoms with van der Waals surface area (Å²) in [5.41, 5.74) is 4.88. The molecule has 182 valence electrons. The van der Waals surface area contributed by atoms with Crippen LogP contribution in [0.1, 0.15) is 43.4 Å². The fraction of sp³-hybridized carbons (Fsp3) is 0.250. The Morgan fingerprint density at radius 1 is 0.943 bits per heavy atom. The Hall–Kier alpha value is -3.64. The number of hydrogen-bond acceptors (Lipinski definition) is 4. The Kier molecular flexibility index (Phi) is 9.44. The third-order valence-corrected chi connectivity index (χ3v) is 5.66. The molecule has 1 atom stereocenters. The minimum Gasteiger partial charge on any atom is -0.493 e. The molecule has 0 bridgehead atoms. The summed E-state index contributed by atoms with van der Waals surface area (Å²) in [6, 6.07) is 23.4. The lowest BCUT2D eigenvalue weighted by Crippen LogP contribution is -2.50. The number of rotatable bonds is 10. The average Bonchev–Trinajstić information content (AvgIpc) is 2.85. The first-order valence-electron chi connectivity index (χ1n) is 11.6. The lowest BCUT2D eigenvalue weighted by atomic mass is 9.89. The number of carbonyl (C=O) groups is 2. The van der Waals surface area contributed by atoms with Gasteiger partial charge in [-0.25, -0.2) is 5.43 Å². The molecule has 0 radical (unpaired) electrons. The van der Waals surface area contributed by atoms with Gasteiger partial charge in [-0.2, -0.15) is 5.10 Å². The topological polar surface area (TPSA) is 79.8 Å². The third kappa shape index (κ3) is 7.17. The summed E-state index contributed by atoms with van der Waals surface area (Å²) in [6.45, 7) is 6.11. The first kappa shape index (κ1) is 26.0. The van der Waals surface area contributed by atoms with Crippen molar-refractivity contribution in [2.45, 2.75) is 32.7 Å². The summed E-state index contributed by atoms with van der Waals surface area (Å²) in [4.78, 5) is 26.4. The molecule has 0 spiro atoms. The van der Waals surface area contributed by atoms with Crippen LogP contribution in [0.25, 0.3) is 0 Å². The Labute approximate surface area is 211 Å². The van der Waals surface area contributed by atoms with E-state index in [1.54, 1.807) is 18.2 Å². The summed E-state index contributed by atoms with van der Waals surface area (Å²) in [6.07, 6.45) is 1.48. The van der Waals surface area contributed by atoms with Gasteiger partial charge in [0.05, 0.1) is 18.7 Å². The van der Waals surface area contributed by atoms with Crippen LogP contribution in [0.3, 0.4) is 0 Å². The van der Waals surface area contributed by atoms with Crippen LogP contribution in [0.4, 0.5) is 0 Å². The Morgan fingerprint density at radius 2 is 1.54 bits per heavy atom. The highest BCUT2D eigenvalue weighted by atomic mass is 35.5. The van der Waals surface area contributed by atoms with Gasteiger partial charge in [-0.1, -0.05) is 86.1 Å². The number of benzene rings is 3. The second kappa shape index (κ2) is 12.7. The molecule has 0 fully saturated rings. The van der Waals surface area contributed by atoms with Crippen LogP contribution < -0.4 is 15.5 Å². The second-order valence-electron chi connectivity index (χ2n) is 8.33. The van der Waals surface area contributed by atoms with Gasteiger partial charge in [0.15, 0.2) is 0 Å². The molecule has 0 heterocycles. The summed E-state index contributed by atoms with van der Waals surface area (Å²) in [7, 11) is 0. The van der Waals surface area contributed by atoms with Gasteiger partial charge in [0, 0.05) is 10.6 Å². The molecule has 2 amide bonds. The smallest absolute Gasteiger partial charge is 0.262 e. The third-order valence-electron chi connectivity index (χ3n) is 5.42. The van der Waals surface area contributed by atoms with Crippen LogP contribution >= 0.6 is 11.6 Å². The molecule has 0 aromatic heterocycles. The molecule has 0 saturated carbocycles. The number of carbonyl (C=O) groups excluding carboxylic acids is 2. The summed E-state index contributed by atoms with van der Waals surface area (Å²) in [5, 5.41) is 7.54. The van der Waals surface area contributed by atoms with Gasteiger partial charge in [-0.05, 0) is 42.2 Å². The molecule has 35 heavy (non-hydrogen) atoms. The maximum absolute atomic E-state index is 13.5. The fourth-order valence-electron chi connectivity index (χ4n) is 3.70. The van der Waals surface area contributed by atoms with E-state index >= 15 is 0 Å². The number of ether oxygens (including phenoxy) is 1. The minimum atomic E-state index is -0.778. The first-order valence-corrected chi connectivity index (χ1v) is 11.9. The SMILES string of the molecule is CCOc1ccc(Cl)cc1/C=N\NC(=O)[C@@H](NC(=O)C(c1ccccc1)c1ccccc1)C(C)C. The summed E-state index contributed by atoms with van der Waals surface area (Å²) in [5.74, 6) is -0.767. The van der Waals surface area contributed by atoms with Crippen molar-refractivity contribution in [1.29, 1.82) is 0 Å². The number of halogens is 1. The maximum Gasteiger partial charge on any atom is 0.262 e. The lowest BCUT2D eigenvalue weighted by molar-refractivity contribution is -0.130. The van der Waals surface area contributed by atoms with Crippen molar-refractivity contribution >= 4 is 29.6 Å². The van der Waals surface area contributed by atoms with Gasteiger partial charge in [0.25, 0.3) is 5.91 Å². The molecule has 0 aliphatic carbocycles. The second-order valence-corrected chi connectivity index (χ2v) is 8.77. The molecule has 0 saturated heterocycles. The van der Waals surface area contributed by atoms with Crippen molar-refractivity contribution in [3.63, 3.8) is 0 Å². The van der Waals surface area contributed by atoms with E-state index < -0.39 is 17.9 Å². The van der Waals surface area contributed by atoms with Crippen molar-refractivity contribution in [2.24, 2.45) is 11.0 Å². The highest BCUT2D eigenvalue weighted by molar-refractivity contribution is 6.30. The van der Waals surface area contributed by atoms with E-state index in [0.29, 0.717) is 22.9 Å². The van der Waals surface area contributed by atoms with E-state index in [9.17, 15) is 9.59 Å². The standard InChI is InChI=1S/C28H30ClN3O3/c1-4-35-24-16-15-23(29)17-22(24)18-30-32-28(34)26(19(2)3)31-27(33)25(20-11-7-5-8-12-20)21-13-9-6-10-14-21/h5-19,25-26H,4H2,1-3H3,(H,31,33)(H,32,34)/b30-18-/t26-/m0/s1. The predicted molar refractivity (Wildman–Crippen MR) is 140 cm³/mol. The normalized spacial score (nSPS) is 12.1. The van der Waals surface area contributed by atoms with Gasteiger partial charge >= 0.3 is 0 Å². The van der Waals surface area contributed by atoms with Crippen LogP contribution in [0.15, 0.2) is 84.0 Å². The molecule has 6 nitrogen and oxygen atoms in total. The van der Waals surface area contributed by atoms with Gasteiger partial charge in [-0.3, -0.25) is 9.59 Å².